The molecule has 0 radical (unpaired) electrons. The van der Waals surface area contributed by atoms with Gasteiger partial charge in [-0.3, -0.25) is 4.79 Å². The van der Waals surface area contributed by atoms with Crippen LogP contribution in [0.1, 0.15) is 109 Å². The number of benzene rings is 2. The SMILES string of the molecule is C.C=O.CC.CC(=O)C1=C(C)C=CC1.CC=Cc1cccc(CCC(O)C2=CC(N)[C@H](C3CCC(c4ccccc4C)CC3)C=C2)c1. The molecule has 3 N–H and O–H groups in total. The molecule has 4 nitrogen and oxygen atoms in total. The number of aliphatic hydroxyl groups excluding tert-OH is 1. The van der Waals surface area contributed by atoms with Gasteiger partial charge in [0, 0.05) is 11.6 Å². The minimum absolute atomic E-state index is 0. The lowest BCUT2D eigenvalue weighted by molar-refractivity contribution is -0.113. The highest BCUT2D eigenvalue weighted by atomic mass is 16.3. The number of aliphatic hydroxyl groups is 1. The minimum Gasteiger partial charge on any atom is -0.388 e. The maximum Gasteiger partial charge on any atom is 0.156 e. The maximum atomic E-state index is 10.8. The van der Waals surface area contributed by atoms with Crippen LogP contribution in [0, 0.1) is 18.8 Å². The highest BCUT2D eigenvalue weighted by Crippen LogP contribution is 2.41. The number of aryl methyl sites for hydroxylation is 2. The molecule has 3 atom stereocenters. The number of carbonyl (C=O) groups is 2. The molecule has 0 amide bonds. The summed E-state index contributed by atoms with van der Waals surface area (Å²) in [6.45, 7) is 13.9. The summed E-state index contributed by atoms with van der Waals surface area (Å²) in [5.74, 6) is 1.92. The van der Waals surface area contributed by atoms with Crippen LogP contribution in [0.4, 0.5) is 0 Å². The van der Waals surface area contributed by atoms with Crippen LogP contribution in [0.5, 0.6) is 0 Å². The molecule has 4 heteroatoms. The standard InChI is InChI=1S/C31H39NO.C8H10O.C2H6.CH2O.CH4/c1-3-7-23-9-6-10-24(20-23)12-19-31(33)27-17-18-29(30(32)21-27)26-15-13-25(14-16-26)28-11-5-4-8-22(28)2;1-6-4-3-5-8(6)7(2)9;2*1-2;/h3-11,17-18,20-21,25-26,29-31,33H,12-16,19,32H2,1-2H3;3-4H,5H2,1-2H3;1-2H3;1H2;1H4/t25?,26?,29-,30?,31?;;;;/m0..../s1. The third kappa shape index (κ3) is 12.5. The van der Waals surface area contributed by atoms with Crippen LogP contribution in [0.2, 0.25) is 0 Å². The van der Waals surface area contributed by atoms with Crippen molar-refractivity contribution in [2.24, 2.45) is 17.6 Å². The smallest absolute Gasteiger partial charge is 0.156 e. The zero-order chi connectivity index (χ0) is 34.1. The van der Waals surface area contributed by atoms with Crippen molar-refractivity contribution in [3.63, 3.8) is 0 Å². The lowest BCUT2D eigenvalue weighted by Crippen LogP contribution is -2.36. The van der Waals surface area contributed by atoms with Gasteiger partial charge in [0.05, 0.1) is 6.10 Å². The van der Waals surface area contributed by atoms with Crippen LogP contribution in [0.25, 0.3) is 6.08 Å². The van der Waals surface area contributed by atoms with Gasteiger partial charge in [0.15, 0.2) is 5.78 Å². The molecule has 2 aromatic carbocycles. The van der Waals surface area contributed by atoms with Gasteiger partial charge in [-0.1, -0.05) is 112 Å². The number of rotatable bonds is 8. The average molecular weight is 640 g/mol. The molecule has 256 valence electrons. The average Bonchev–Trinajstić information content (AvgIpc) is 3.53. The van der Waals surface area contributed by atoms with Crippen molar-refractivity contribution >= 4 is 18.6 Å². The predicted octanol–water partition coefficient (Wildman–Crippen LogP) is 10.1. The zero-order valence-corrected chi connectivity index (χ0v) is 29.0. The van der Waals surface area contributed by atoms with Crippen LogP contribution in [-0.2, 0) is 16.0 Å². The Morgan fingerprint density at radius 3 is 2.26 bits per heavy atom. The molecule has 2 unspecified atom stereocenters. The first-order valence-corrected chi connectivity index (χ1v) is 17.0. The monoisotopic (exact) mass is 639 g/mol. The van der Waals surface area contributed by atoms with E-state index in [4.69, 9.17) is 10.5 Å². The van der Waals surface area contributed by atoms with Gasteiger partial charge in [-0.05, 0) is 124 Å². The van der Waals surface area contributed by atoms with Gasteiger partial charge in [0.1, 0.15) is 6.79 Å². The van der Waals surface area contributed by atoms with Crippen LogP contribution in [0.3, 0.4) is 0 Å². The molecular formula is C43H61NO3. The van der Waals surface area contributed by atoms with Crippen molar-refractivity contribution in [2.75, 3.05) is 0 Å². The Kier molecular flexibility index (Phi) is 19.4. The van der Waals surface area contributed by atoms with E-state index in [2.05, 4.69) is 85.8 Å². The van der Waals surface area contributed by atoms with E-state index in [1.807, 2.05) is 46.6 Å². The quantitative estimate of drug-likeness (QED) is 0.301. The Bertz CT molecular complexity index is 1390. The zero-order valence-electron chi connectivity index (χ0n) is 29.0. The van der Waals surface area contributed by atoms with Crippen molar-refractivity contribution in [3.8, 4) is 0 Å². The molecule has 0 bridgehead atoms. The van der Waals surface area contributed by atoms with Gasteiger partial charge < -0.3 is 15.6 Å². The fraction of sp³-hybridized carbons (Fsp3) is 0.442. The van der Waals surface area contributed by atoms with E-state index in [0.29, 0.717) is 24.2 Å². The summed E-state index contributed by atoms with van der Waals surface area (Å²) in [6.07, 6.45) is 21.6. The molecule has 2 aromatic rings. The summed E-state index contributed by atoms with van der Waals surface area (Å²) < 4.78 is 0. The van der Waals surface area contributed by atoms with Crippen LogP contribution in [-0.4, -0.2) is 29.8 Å². The van der Waals surface area contributed by atoms with Crippen LogP contribution < -0.4 is 5.73 Å². The number of Topliss-reactive ketones (excluding diaryl/α,β-unsaturated/α-hetero) is 1. The van der Waals surface area contributed by atoms with Crippen molar-refractivity contribution in [1.82, 2.24) is 0 Å². The van der Waals surface area contributed by atoms with E-state index in [1.165, 1.54) is 47.9 Å². The third-order valence-corrected chi connectivity index (χ3v) is 9.28. The minimum atomic E-state index is -0.463. The topological polar surface area (TPSA) is 80.4 Å². The van der Waals surface area contributed by atoms with Crippen molar-refractivity contribution in [1.29, 1.82) is 0 Å². The fourth-order valence-corrected chi connectivity index (χ4v) is 6.84. The van der Waals surface area contributed by atoms with E-state index in [0.717, 1.165) is 29.6 Å². The number of allylic oxidation sites excluding steroid dienone is 5. The van der Waals surface area contributed by atoms with Crippen LogP contribution >= 0.6 is 0 Å². The predicted molar refractivity (Wildman–Crippen MR) is 202 cm³/mol. The third-order valence-electron chi connectivity index (χ3n) is 9.28. The first kappa shape index (κ1) is 41.4. The van der Waals surface area contributed by atoms with Crippen molar-refractivity contribution in [3.05, 3.63) is 124 Å². The first-order chi connectivity index (χ1) is 22.3. The molecule has 3 aliphatic rings. The molecule has 0 heterocycles. The summed E-state index contributed by atoms with van der Waals surface area (Å²) in [5, 5.41) is 10.8. The van der Waals surface area contributed by atoms with Crippen LogP contribution in [0.15, 0.2) is 102 Å². The Balaban J connectivity index is 0.000000670. The Morgan fingerprint density at radius 1 is 1.02 bits per heavy atom. The summed E-state index contributed by atoms with van der Waals surface area (Å²) in [4.78, 5) is 18.8. The normalized spacial score (nSPS) is 22.0. The molecule has 0 saturated heterocycles. The van der Waals surface area contributed by atoms with Gasteiger partial charge >= 0.3 is 0 Å². The Morgan fingerprint density at radius 2 is 1.70 bits per heavy atom. The second-order valence-electron chi connectivity index (χ2n) is 12.3. The molecule has 0 spiro atoms. The summed E-state index contributed by atoms with van der Waals surface area (Å²) >= 11 is 0. The van der Waals surface area contributed by atoms with Gasteiger partial charge in [-0.25, -0.2) is 0 Å². The van der Waals surface area contributed by atoms with E-state index >= 15 is 0 Å². The Labute approximate surface area is 286 Å². The number of nitrogens with two attached hydrogens (primary N) is 1. The molecular weight excluding hydrogens is 578 g/mol. The van der Waals surface area contributed by atoms with Gasteiger partial charge in [0.25, 0.3) is 0 Å². The highest BCUT2D eigenvalue weighted by molar-refractivity contribution is 5.95. The van der Waals surface area contributed by atoms with E-state index in [1.54, 1.807) is 6.92 Å². The second-order valence-corrected chi connectivity index (χ2v) is 12.3. The summed E-state index contributed by atoms with van der Waals surface area (Å²) in [5.41, 5.74) is 15.1. The highest BCUT2D eigenvalue weighted by Gasteiger charge is 2.32. The molecule has 0 aliphatic heterocycles. The largest absolute Gasteiger partial charge is 0.388 e. The summed E-state index contributed by atoms with van der Waals surface area (Å²) in [6, 6.07) is 17.4. The molecule has 0 aromatic heterocycles. The lowest BCUT2D eigenvalue weighted by atomic mass is 9.70. The molecule has 1 fully saturated rings. The van der Waals surface area contributed by atoms with Crippen molar-refractivity contribution in [2.45, 2.75) is 112 Å². The maximum absolute atomic E-state index is 10.8. The van der Waals surface area contributed by atoms with Crippen molar-refractivity contribution < 1.29 is 14.7 Å². The van der Waals surface area contributed by atoms with E-state index in [9.17, 15) is 9.90 Å². The summed E-state index contributed by atoms with van der Waals surface area (Å²) in [7, 11) is 0. The Hall–Kier alpha value is -3.60. The van der Waals surface area contributed by atoms with Gasteiger partial charge in [-0.15, -0.1) is 0 Å². The first-order valence-electron chi connectivity index (χ1n) is 17.0. The van der Waals surface area contributed by atoms with E-state index < -0.39 is 6.10 Å². The molecule has 47 heavy (non-hydrogen) atoms. The van der Waals surface area contributed by atoms with Gasteiger partial charge in [-0.2, -0.15) is 0 Å². The molecule has 3 aliphatic carbocycles. The number of carbonyl (C=O) groups excluding carboxylic acids is 2. The fourth-order valence-electron chi connectivity index (χ4n) is 6.84. The van der Waals surface area contributed by atoms with Gasteiger partial charge in [0.2, 0.25) is 0 Å². The second kappa shape index (κ2) is 22.1. The number of hydrogen-bond donors (Lipinski definition) is 2. The lowest BCUT2D eigenvalue weighted by Gasteiger charge is -2.37. The number of ketones is 1. The molecule has 5 rings (SSSR count). The molecule has 1 saturated carbocycles. The van der Waals surface area contributed by atoms with E-state index in [-0.39, 0.29) is 19.3 Å². The number of hydrogen-bond acceptors (Lipinski definition) is 4.